The molecule has 0 rings (SSSR count). The van der Waals surface area contributed by atoms with E-state index >= 15 is 0 Å². The number of hydrogen-bond acceptors (Lipinski definition) is 8. The molecular weight excluding hydrogens is 370 g/mol. The van der Waals surface area contributed by atoms with Gasteiger partial charge in [-0.1, -0.05) is 0 Å². The molecule has 0 aliphatic heterocycles. The van der Waals surface area contributed by atoms with E-state index in [0.717, 1.165) is 0 Å². The van der Waals surface area contributed by atoms with E-state index in [-0.39, 0.29) is 0 Å². The third kappa shape index (κ3) is 9.71. The van der Waals surface area contributed by atoms with Gasteiger partial charge in [0.05, 0.1) is 19.4 Å². The number of amides is 4. The summed E-state index contributed by atoms with van der Waals surface area (Å²) < 4.78 is 0. The van der Waals surface area contributed by atoms with Crippen molar-refractivity contribution < 1.29 is 44.1 Å². The van der Waals surface area contributed by atoms with Gasteiger partial charge in [-0.3, -0.25) is 28.8 Å². The summed E-state index contributed by atoms with van der Waals surface area (Å²) in [5, 5.41) is 32.1. The summed E-state index contributed by atoms with van der Waals surface area (Å²) >= 11 is 0. The van der Waals surface area contributed by atoms with Crippen LogP contribution < -0.4 is 27.4 Å². The molecule has 0 aliphatic carbocycles. The highest BCUT2D eigenvalue weighted by molar-refractivity contribution is 5.96. The molecule has 0 fully saturated rings. The summed E-state index contributed by atoms with van der Waals surface area (Å²) in [5.41, 5.74) is 10.2. The first-order valence-electron chi connectivity index (χ1n) is 7.44. The van der Waals surface area contributed by atoms with Gasteiger partial charge in [-0.25, -0.2) is 0 Å². The summed E-state index contributed by atoms with van der Waals surface area (Å²) in [6.45, 7) is -1.58. The fourth-order valence-corrected chi connectivity index (χ4v) is 1.71. The second kappa shape index (κ2) is 11.4. The van der Waals surface area contributed by atoms with Crippen LogP contribution in [0.15, 0.2) is 0 Å². The van der Waals surface area contributed by atoms with E-state index in [9.17, 15) is 28.8 Å². The van der Waals surface area contributed by atoms with Crippen molar-refractivity contribution in [1.29, 1.82) is 0 Å². The average Bonchev–Trinajstić information content (AvgIpc) is 2.56. The van der Waals surface area contributed by atoms with Crippen LogP contribution in [-0.4, -0.2) is 82.2 Å². The monoisotopic (exact) mass is 391 g/mol. The van der Waals surface area contributed by atoms with Gasteiger partial charge in [0, 0.05) is 0 Å². The molecule has 10 N–H and O–H groups in total. The Balaban J connectivity index is 5.24. The van der Waals surface area contributed by atoms with E-state index in [1.807, 2.05) is 16.0 Å². The van der Waals surface area contributed by atoms with Crippen LogP contribution in [0.5, 0.6) is 0 Å². The fourth-order valence-electron chi connectivity index (χ4n) is 1.71. The molecule has 152 valence electrons. The SMILES string of the molecule is NC(=O)CC(NC(=O)C(N)CO)C(=O)NC(CC(=O)O)C(=O)NCC(=O)O. The number of carboxylic acids is 2. The highest BCUT2D eigenvalue weighted by atomic mass is 16.4. The molecule has 0 saturated carbocycles. The first-order valence-corrected chi connectivity index (χ1v) is 7.44. The maximum absolute atomic E-state index is 12.2. The molecule has 0 spiro atoms. The smallest absolute Gasteiger partial charge is 0.322 e. The van der Waals surface area contributed by atoms with Gasteiger partial charge in [0.2, 0.25) is 23.6 Å². The third-order valence-electron chi connectivity index (χ3n) is 3.00. The van der Waals surface area contributed by atoms with E-state index in [1.54, 1.807) is 0 Å². The Labute approximate surface area is 152 Å². The molecule has 0 aromatic rings. The molecular formula is C13H21N5O9. The maximum atomic E-state index is 12.2. The second-order valence-corrected chi connectivity index (χ2v) is 5.29. The number of carbonyl (C=O) groups excluding carboxylic acids is 4. The fraction of sp³-hybridized carbons (Fsp3) is 0.538. The van der Waals surface area contributed by atoms with Crippen molar-refractivity contribution >= 4 is 35.6 Å². The molecule has 0 aromatic carbocycles. The molecule has 14 heteroatoms. The lowest BCUT2D eigenvalue weighted by molar-refractivity contribution is -0.142. The van der Waals surface area contributed by atoms with Crippen LogP contribution >= 0.6 is 0 Å². The molecule has 4 amide bonds. The lowest BCUT2D eigenvalue weighted by atomic mass is 10.1. The first kappa shape index (κ1) is 23.7. The number of aliphatic carboxylic acids is 2. The van der Waals surface area contributed by atoms with Crippen LogP contribution in [0.1, 0.15) is 12.8 Å². The van der Waals surface area contributed by atoms with Crippen molar-refractivity contribution in [3.8, 4) is 0 Å². The Morgan fingerprint density at radius 1 is 0.815 bits per heavy atom. The van der Waals surface area contributed by atoms with Gasteiger partial charge in [0.1, 0.15) is 24.7 Å². The van der Waals surface area contributed by atoms with Crippen molar-refractivity contribution in [2.24, 2.45) is 11.5 Å². The van der Waals surface area contributed by atoms with Crippen LogP contribution in [0.3, 0.4) is 0 Å². The molecule has 0 bridgehead atoms. The van der Waals surface area contributed by atoms with Crippen LogP contribution in [0.2, 0.25) is 0 Å². The molecule has 3 unspecified atom stereocenters. The van der Waals surface area contributed by atoms with E-state index in [2.05, 4.69) is 0 Å². The number of hydrogen-bond donors (Lipinski definition) is 8. The number of aliphatic hydroxyl groups is 1. The highest BCUT2D eigenvalue weighted by Gasteiger charge is 2.30. The van der Waals surface area contributed by atoms with Gasteiger partial charge >= 0.3 is 11.9 Å². The molecule has 0 aliphatic rings. The molecule has 0 radical (unpaired) electrons. The van der Waals surface area contributed by atoms with Crippen LogP contribution in [-0.2, 0) is 28.8 Å². The van der Waals surface area contributed by atoms with Crippen LogP contribution in [0.25, 0.3) is 0 Å². The molecule has 27 heavy (non-hydrogen) atoms. The number of carboxylic acid groups (broad SMARTS) is 2. The topological polar surface area (TPSA) is 251 Å². The van der Waals surface area contributed by atoms with Crippen LogP contribution in [0.4, 0.5) is 0 Å². The van der Waals surface area contributed by atoms with Crippen molar-refractivity contribution in [3.05, 3.63) is 0 Å². The Kier molecular flexibility index (Phi) is 10.0. The second-order valence-electron chi connectivity index (χ2n) is 5.29. The molecule has 0 saturated heterocycles. The first-order chi connectivity index (χ1) is 12.5. The van der Waals surface area contributed by atoms with Crippen molar-refractivity contribution in [1.82, 2.24) is 16.0 Å². The third-order valence-corrected chi connectivity index (χ3v) is 3.00. The van der Waals surface area contributed by atoms with Gasteiger partial charge in [-0.05, 0) is 0 Å². The Morgan fingerprint density at radius 3 is 1.78 bits per heavy atom. The normalized spacial score (nSPS) is 13.6. The Morgan fingerprint density at radius 2 is 1.33 bits per heavy atom. The number of rotatable bonds is 12. The zero-order chi connectivity index (χ0) is 21.1. The average molecular weight is 391 g/mol. The van der Waals surface area contributed by atoms with Crippen molar-refractivity contribution in [3.63, 3.8) is 0 Å². The molecule has 3 atom stereocenters. The zero-order valence-electron chi connectivity index (χ0n) is 14.0. The lowest BCUT2D eigenvalue weighted by Crippen LogP contribution is -2.57. The van der Waals surface area contributed by atoms with Crippen molar-refractivity contribution in [2.75, 3.05) is 13.2 Å². The Hall–Kier alpha value is -3.26. The minimum atomic E-state index is -1.69. The van der Waals surface area contributed by atoms with Crippen molar-refractivity contribution in [2.45, 2.75) is 31.0 Å². The summed E-state index contributed by atoms with van der Waals surface area (Å²) in [7, 11) is 0. The van der Waals surface area contributed by atoms with Crippen LogP contribution in [0, 0.1) is 0 Å². The van der Waals surface area contributed by atoms with Gasteiger partial charge in [-0.2, -0.15) is 0 Å². The van der Waals surface area contributed by atoms with Gasteiger partial charge in [0.25, 0.3) is 0 Å². The number of nitrogens with one attached hydrogen (secondary N) is 3. The highest BCUT2D eigenvalue weighted by Crippen LogP contribution is 1.99. The Bertz CT molecular complexity index is 609. The van der Waals surface area contributed by atoms with Gasteiger partial charge in [0.15, 0.2) is 0 Å². The zero-order valence-corrected chi connectivity index (χ0v) is 14.0. The number of nitrogens with two attached hydrogens (primary N) is 2. The summed E-state index contributed by atoms with van der Waals surface area (Å²) in [6.07, 6.45) is -1.60. The summed E-state index contributed by atoms with van der Waals surface area (Å²) in [5.74, 6) is -7.13. The van der Waals surface area contributed by atoms with E-state index in [4.69, 9.17) is 26.8 Å². The number of aliphatic hydroxyl groups excluding tert-OH is 1. The van der Waals surface area contributed by atoms with Gasteiger partial charge in [-0.15, -0.1) is 0 Å². The van der Waals surface area contributed by atoms with Gasteiger partial charge < -0.3 is 42.7 Å². The van der Waals surface area contributed by atoms with E-state index in [0.29, 0.717) is 0 Å². The molecule has 0 aromatic heterocycles. The quantitative estimate of drug-likeness (QED) is 0.157. The minimum Gasteiger partial charge on any atom is -0.481 e. The van der Waals surface area contributed by atoms with E-state index < -0.39 is 79.7 Å². The summed E-state index contributed by atoms with van der Waals surface area (Å²) in [6, 6.07) is -4.69. The predicted molar refractivity (Wildman–Crippen MR) is 85.6 cm³/mol. The van der Waals surface area contributed by atoms with E-state index in [1.165, 1.54) is 0 Å². The number of carbonyl (C=O) groups is 6. The largest absolute Gasteiger partial charge is 0.481 e. The standard InChI is InChI=1S/C13H21N5O9/c14-5(4-19)11(25)17-6(1-8(15)20)13(27)18-7(2-9(21)22)12(26)16-3-10(23)24/h5-7,19H,1-4,14H2,(H2,15,20)(H,16,26)(H,17,25)(H,18,27)(H,21,22)(H,23,24). The molecule has 14 nitrogen and oxygen atoms in total. The lowest BCUT2D eigenvalue weighted by Gasteiger charge is -2.22. The maximum Gasteiger partial charge on any atom is 0.322 e. The minimum absolute atomic E-state index is 0.702. The number of primary amides is 1. The predicted octanol–water partition coefficient (Wildman–Crippen LogP) is -5.17. The summed E-state index contributed by atoms with van der Waals surface area (Å²) in [4.78, 5) is 68.2. The molecule has 0 heterocycles.